The van der Waals surface area contributed by atoms with Gasteiger partial charge in [0.2, 0.25) is 0 Å². The minimum atomic E-state index is -0.0305. The van der Waals surface area contributed by atoms with Crippen LogP contribution in [0, 0.1) is 6.92 Å². The molecule has 0 spiro atoms. The zero-order valence-electron chi connectivity index (χ0n) is 8.66. The van der Waals surface area contributed by atoms with E-state index in [0.717, 1.165) is 5.56 Å². The van der Waals surface area contributed by atoms with Gasteiger partial charge in [0.15, 0.2) is 5.78 Å². The minimum absolute atomic E-state index is 0.0305. The van der Waals surface area contributed by atoms with Crippen LogP contribution in [0.3, 0.4) is 0 Å². The van der Waals surface area contributed by atoms with Crippen LogP contribution >= 0.6 is 0 Å². The van der Waals surface area contributed by atoms with Crippen molar-refractivity contribution in [1.29, 1.82) is 0 Å². The lowest BCUT2D eigenvalue weighted by atomic mass is 9.98. The molecule has 0 heterocycles. The number of aliphatic hydroxyl groups excluding tert-OH is 1. The summed E-state index contributed by atoms with van der Waals surface area (Å²) in [5, 5.41) is 9.65. The minimum Gasteiger partial charge on any atom is -0.508 e. The van der Waals surface area contributed by atoms with Crippen molar-refractivity contribution in [2.45, 2.75) is 20.8 Å². The van der Waals surface area contributed by atoms with Crippen molar-refractivity contribution < 1.29 is 9.90 Å². The normalized spacial score (nSPS) is 11.5. The molecule has 0 saturated heterocycles. The fourth-order valence-corrected chi connectivity index (χ4v) is 1.45. The van der Waals surface area contributed by atoms with Crippen LogP contribution in [-0.2, 0) is 0 Å². The Kier molecular flexibility index (Phi) is 3.07. The highest BCUT2D eigenvalue weighted by atomic mass is 16.3. The van der Waals surface area contributed by atoms with E-state index in [1.54, 1.807) is 19.1 Å². The first-order valence-corrected chi connectivity index (χ1v) is 4.54. The van der Waals surface area contributed by atoms with Crippen LogP contribution in [0.4, 0.5) is 0 Å². The second kappa shape index (κ2) is 4.09. The summed E-state index contributed by atoms with van der Waals surface area (Å²) < 4.78 is 0. The van der Waals surface area contributed by atoms with Gasteiger partial charge in [-0.2, -0.15) is 0 Å². The van der Waals surface area contributed by atoms with Crippen LogP contribution in [0.15, 0.2) is 24.3 Å². The molecular formula is C12H14O2. The largest absolute Gasteiger partial charge is 0.508 e. The second-order valence-electron chi connectivity index (χ2n) is 3.23. The molecule has 1 aromatic rings. The maximum atomic E-state index is 11.3. The Hall–Kier alpha value is -1.57. The predicted octanol–water partition coefficient (Wildman–Crippen LogP) is 3.12. The predicted molar refractivity (Wildman–Crippen MR) is 57.5 cm³/mol. The van der Waals surface area contributed by atoms with E-state index < -0.39 is 0 Å². The van der Waals surface area contributed by atoms with Gasteiger partial charge in [0.25, 0.3) is 0 Å². The van der Waals surface area contributed by atoms with Gasteiger partial charge in [-0.1, -0.05) is 18.2 Å². The molecule has 0 amide bonds. The Balaban J connectivity index is 3.45. The van der Waals surface area contributed by atoms with Crippen molar-refractivity contribution in [3.05, 3.63) is 41.0 Å². The maximum absolute atomic E-state index is 11.3. The summed E-state index contributed by atoms with van der Waals surface area (Å²) in [6.07, 6.45) is 1.59. The molecule has 1 rings (SSSR count). The Bertz CT molecular complexity index is 389. The molecule has 0 fully saturated rings. The van der Waals surface area contributed by atoms with Gasteiger partial charge < -0.3 is 5.11 Å². The van der Waals surface area contributed by atoms with Crippen molar-refractivity contribution in [2.75, 3.05) is 0 Å². The van der Waals surface area contributed by atoms with Crippen molar-refractivity contribution in [3.63, 3.8) is 0 Å². The van der Waals surface area contributed by atoms with Gasteiger partial charge in [-0.05, 0) is 32.4 Å². The first kappa shape index (κ1) is 10.5. The summed E-state index contributed by atoms with van der Waals surface area (Å²) in [5.41, 5.74) is 2.12. The number of ketones is 1. The van der Waals surface area contributed by atoms with E-state index in [4.69, 9.17) is 0 Å². The van der Waals surface area contributed by atoms with Crippen molar-refractivity contribution in [1.82, 2.24) is 0 Å². The number of aryl methyl sites for hydroxylation is 1. The summed E-state index contributed by atoms with van der Waals surface area (Å²) >= 11 is 0. The number of hydrogen-bond acceptors (Lipinski definition) is 2. The van der Waals surface area contributed by atoms with E-state index in [1.165, 1.54) is 6.92 Å². The van der Waals surface area contributed by atoms with Gasteiger partial charge in [0, 0.05) is 11.1 Å². The molecular weight excluding hydrogens is 176 g/mol. The molecule has 2 nitrogen and oxygen atoms in total. The third-order valence-electron chi connectivity index (χ3n) is 2.18. The number of carbonyl (C=O) groups is 1. The Labute approximate surface area is 83.9 Å². The standard InChI is InChI=1S/C12H14O2/c1-4-11(14)12-8(2)6-5-7-10(12)9(3)13/h4-7,14H,1-3H3/b11-4+. The second-order valence-corrected chi connectivity index (χ2v) is 3.23. The fourth-order valence-electron chi connectivity index (χ4n) is 1.45. The number of aliphatic hydroxyl groups is 1. The third kappa shape index (κ3) is 1.84. The molecule has 1 N–H and O–H groups in total. The van der Waals surface area contributed by atoms with E-state index in [0.29, 0.717) is 11.1 Å². The molecule has 0 aliphatic rings. The molecule has 0 aromatic heterocycles. The van der Waals surface area contributed by atoms with E-state index in [-0.39, 0.29) is 11.5 Å². The Morgan fingerprint density at radius 2 is 2.07 bits per heavy atom. The van der Waals surface area contributed by atoms with E-state index in [9.17, 15) is 9.90 Å². The highest BCUT2D eigenvalue weighted by molar-refractivity contribution is 5.98. The van der Waals surface area contributed by atoms with Crippen LogP contribution in [0.1, 0.15) is 35.3 Å². The molecule has 14 heavy (non-hydrogen) atoms. The average molecular weight is 190 g/mol. The lowest BCUT2D eigenvalue weighted by Gasteiger charge is -2.09. The number of rotatable bonds is 2. The summed E-state index contributed by atoms with van der Waals surface area (Å²) in [4.78, 5) is 11.3. The van der Waals surface area contributed by atoms with Gasteiger partial charge in [0.1, 0.15) is 5.76 Å². The number of hydrogen-bond donors (Lipinski definition) is 1. The van der Waals surface area contributed by atoms with Crippen molar-refractivity contribution in [3.8, 4) is 0 Å². The first-order chi connectivity index (χ1) is 6.57. The van der Waals surface area contributed by atoms with Crippen LogP contribution < -0.4 is 0 Å². The lowest BCUT2D eigenvalue weighted by Crippen LogP contribution is -2.01. The molecule has 0 aliphatic heterocycles. The molecule has 0 atom stereocenters. The summed E-state index contributed by atoms with van der Waals surface area (Å²) in [6, 6.07) is 5.42. The molecule has 0 saturated carbocycles. The summed E-state index contributed by atoms with van der Waals surface area (Å²) in [5.74, 6) is 0.130. The van der Waals surface area contributed by atoms with Crippen LogP contribution in [0.2, 0.25) is 0 Å². The van der Waals surface area contributed by atoms with E-state index in [2.05, 4.69) is 0 Å². The third-order valence-corrected chi connectivity index (χ3v) is 2.18. The first-order valence-electron chi connectivity index (χ1n) is 4.54. The molecule has 0 radical (unpaired) electrons. The van der Waals surface area contributed by atoms with Crippen LogP contribution in [-0.4, -0.2) is 10.9 Å². The molecule has 2 heteroatoms. The smallest absolute Gasteiger partial charge is 0.160 e. The molecule has 1 aromatic carbocycles. The topological polar surface area (TPSA) is 37.3 Å². The lowest BCUT2D eigenvalue weighted by molar-refractivity contribution is 0.101. The van der Waals surface area contributed by atoms with Crippen LogP contribution in [0.5, 0.6) is 0 Å². The monoisotopic (exact) mass is 190 g/mol. The fraction of sp³-hybridized carbons (Fsp3) is 0.250. The summed E-state index contributed by atoms with van der Waals surface area (Å²) in [7, 11) is 0. The average Bonchev–Trinajstić information content (AvgIpc) is 2.16. The zero-order chi connectivity index (χ0) is 10.7. The van der Waals surface area contributed by atoms with Crippen molar-refractivity contribution >= 4 is 11.5 Å². The number of benzene rings is 1. The SMILES string of the molecule is C/C=C(/O)c1c(C)cccc1C(C)=O. The molecule has 0 bridgehead atoms. The number of Topliss-reactive ketones (excluding diaryl/α,β-unsaturated/α-hetero) is 1. The number of carbonyl (C=O) groups excluding carboxylic acids is 1. The quantitative estimate of drug-likeness (QED) is 0.574. The van der Waals surface area contributed by atoms with Crippen LogP contribution in [0.25, 0.3) is 5.76 Å². The molecule has 0 aliphatic carbocycles. The van der Waals surface area contributed by atoms with Gasteiger partial charge in [-0.15, -0.1) is 0 Å². The zero-order valence-corrected chi connectivity index (χ0v) is 8.66. The molecule has 0 unspecified atom stereocenters. The van der Waals surface area contributed by atoms with Crippen molar-refractivity contribution in [2.24, 2.45) is 0 Å². The van der Waals surface area contributed by atoms with E-state index >= 15 is 0 Å². The highest BCUT2D eigenvalue weighted by Gasteiger charge is 2.11. The van der Waals surface area contributed by atoms with E-state index in [1.807, 2.05) is 19.1 Å². The van der Waals surface area contributed by atoms with Gasteiger partial charge >= 0.3 is 0 Å². The highest BCUT2D eigenvalue weighted by Crippen LogP contribution is 2.21. The van der Waals surface area contributed by atoms with Gasteiger partial charge in [-0.25, -0.2) is 0 Å². The summed E-state index contributed by atoms with van der Waals surface area (Å²) in [6.45, 7) is 5.12. The maximum Gasteiger partial charge on any atom is 0.160 e. The van der Waals surface area contributed by atoms with Gasteiger partial charge in [-0.3, -0.25) is 4.79 Å². The number of allylic oxidation sites excluding steroid dienone is 1. The Morgan fingerprint density at radius 1 is 1.43 bits per heavy atom. The molecule has 74 valence electrons. The Morgan fingerprint density at radius 3 is 2.57 bits per heavy atom. The van der Waals surface area contributed by atoms with Gasteiger partial charge in [0.05, 0.1) is 0 Å².